The number of amides is 1. The molecule has 0 spiro atoms. The Morgan fingerprint density at radius 1 is 1.52 bits per heavy atom. The van der Waals surface area contributed by atoms with Crippen LogP contribution in [0.2, 0.25) is 0 Å². The molecule has 0 aliphatic carbocycles. The average molecular weight is 312 g/mol. The molecule has 8 nitrogen and oxygen atoms in total. The minimum atomic E-state index is -1.37. The van der Waals surface area contributed by atoms with E-state index >= 15 is 0 Å². The maximum atomic E-state index is 12.6. The van der Waals surface area contributed by atoms with Crippen molar-refractivity contribution in [2.24, 2.45) is 0 Å². The zero-order chi connectivity index (χ0) is 15.3. The van der Waals surface area contributed by atoms with E-state index in [9.17, 15) is 14.4 Å². The number of carboxylic acid groups (broad SMARTS) is 1. The number of carbonyl (C=O) groups excluding carboxylic acids is 1. The van der Waals surface area contributed by atoms with E-state index in [1.807, 2.05) is 16.4 Å². The summed E-state index contributed by atoms with van der Waals surface area (Å²) in [5, 5.41) is 9.08. The molecule has 1 N–H and O–H groups in total. The molecular formula is C12H13N2O6P. The summed E-state index contributed by atoms with van der Waals surface area (Å²) in [6, 6.07) is -0.108. The van der Waals surface area contributed by atoms with Crippen LogP contribution in [0.5, 0.6) is 5.75 Å². The Morgan fingerprint density at radius 2 is 2.24 bits per heavy atom. The highest BCUT2D eigenvalue weighted by Gasteiger charge is 2.43. The number of nitrogens with zero attached hydrogens (tertiary/aromatic N) is 2. The van der Waals surface area contributed by atoms with Crippen molar-refractivity contribution in [2.45, 2.75) is 25.7 Å². The van der Waals surface area contributed by atoms with Crippen molar-refractivity contribution >= 4 is 21.3 Å². The van der Waals surface area contributed by atoms with Crippen molar-refractivity contribution in [2.75, 3.05) is 6.61 Å². The summed E-state index contributed by atoms with van der Waals surface area (Å²) < 4.78 is 11.8. The molecule has 1 amide bonds. The van der Waals surface area contributed by atoms with Crippen molar-refractivity contribution in [3.8, 4) is 5.75 Å². The van der Waals surface area contributed by atoms with E-state index in [0.29, 0.717) is 6.61 Å². The third-order valence-corrected chi connectivity index (χ3v) is 3.93. The number of aromatic nitrogens is 1. The fraction of sp³-hybridized carbons (Fsp3) is 0.417. The molecule has 3 atom stereocenters. The first-order chi connectivity index (χ1) is 9.95. The minimum Gasteiger partial charge on any atom is -0.477 e. The first-order valence-corrected chi connectivity index (χ1v) is 6.74. The van der Waals surface area contributed by atoms with Gasteiger partial charge in [-0.25, -0.2) is 4.79 Å². The monoisotopic (exact) mass is 312 g/mol. The molecule has 1 unspecified atom stereocenters. The highest BCUT2D eigenvalue weighted by atomic mass is 31.0. The Labute approximate surface area is 121 Å². The Morgan fingerprint density at radius 3 is 2.86 bits per heavy atom. The molecule has 3 heterocycles. The summed E-state index contributed by atoms with van der Waals surface area (Å²) in [6.07, 6.45) is 0.705. The second-order valence-electron chi connectivity index (χ2n) is 4.97. The molecule has 1 fully saturated rings. The molecule has 112 valence electrons. The second kappa shape index (κ2) is 4.82. The highest BCUT2D eigenvalue weighted by molar-refractivity contribution is 7.10. The van der Waals surface area contributed by atoms with E-state index in [1.165, 1.54) is 4.57 Å². The number of pyridine rings is 1. The van der Waals surface area contributed by atoms with Gasteiger partial charge < -0.3 is 23.8 Å². The van der Waals surface area contributed by atoms with E-state index in [0.717, 1.165) is 6.20 Å². The smallest absolute Gasteiger partial charge is 0.341 e. The fourth-order valence-electron chi connectivity index (χ4n) is 2.72. The largest absolute Gasteiger partial charge is 0.477 e. The standard InChI is InChI=1S/C12H13N2O6P/c1-5-4-19-7-3-13-2-6(12(17)18)9(15)10(20-21)8(13)11(16)14(5)7/h2,5,7H,3-4,21H2,1H3,(H,17,18)/t5-,7+/m0/s1. The van der Waals surface area contributed by atoms with E-state index in [2.05, 4.69) is 0 Å². The number of fused-ring (bicyclic) bond motifs is 2. The van der Waals surface area contributed by atoms with Crippen molar-refractivity contribution < 1.29 is 24.0 Å². The molecule has 3 rings (SSSR count). The topological polar surface area (TPSA) is 98.1 Å². The number of ether oxygens (including phenoxy) is 1. The lowest BCUT2D eigenvalue weighted by atomic mass is 10.1. The van der Waals surface area contributed by atoms with Gasteiger partial charge in [0.15, 0.2) is 17.7 Å². The number of hydrogen-bond donors (Lipinski definition) is 1. The van der Waals surface area contributed by atoms with Gasteiger partial charge in [0, 0.05) is 6.20 Å². The van der Waals surface area contributed by atoms with Crippen LogP contribution >= 0.6 is 9.47 Å². The van der Waals surface area contributed by atoms with Crippen molar-refractivity contribution in [1.29, 1.82) is 0 Å². The molecule has 0 bridgehead atoms. The van der Waals surface area contributed by atoms with E-state index < -0.39 is 29.1 Å². The third-order valence-electron chi connectivity index (χ3n) is 3.69. The average Bonchev–Trinajstić information content (AvgIpc) is 2.80. The van der Waals surface area contributed by atoms with Gasteiger partial charge >= 0.3 is 5.97 Å². The van der Waals surface area contributed by atoms with Gasteiger partial charge in [0.05, 0.1) is 28.7 Å². The van der Waals surface area contributed by atoms with Crippen LogP contribution in [0.15, 0.2) is 11.0 Å². The molecule has 0 radical (unpaired) electrons. The molecule has 21 heavy (non-hydrogen) atoms. The summed E-state index contributed by atoms with van der Waals surface area (Å²) >= 11 is 0. The minimum absolute atomic E-state index is 0.0496. The number of carbonyl (C=O) groups is 2. The van der Waals surface area contributed by atoms with Crippen LogP contribution in [0.25, 0.3) is 0 Å². The molecule has 1 saturated heterocycles. The van der Waals surface area contributed by atoms with E-state index in [4.69, 9.17) is 14.4 Å². The molecule has 1 aromatic heterocycles. The lowest BCUT2D eigenvalue weighted by molar-refractivity contribution is 0.00637. The zero-order valence-electron chi connectivity index (χ0n) is 11.1. The third kappa shape index (κ3) is 1.94. The van der Waals surface area contributed by atoms with Gasteiger partial charge in [-0.05, 0) is 6.92 Å². The van der Waals surface area contributed by atoms with Crippen LogP contribution in [0.1, 0.15) is 27.8 Å². The number of aromatic carboxylic acids is 1. The van der Waals surface area contributed by atoms with Crippen molar-refractivity contribution in [3.05, 3.63) is 27.7 Å². The Bertz CT molecular complexity index is 700. The van der Waals surface area contributed by atoms with Gasteiger partial charge in [0.2, 0.25) is 5.43 Å². The maximum absolute atomic E-state index is 12.6. The van der Waals surface area contributed by atoms with Crippen molar-refractivity contribution in [1.82, 2.24) is 9.47 Å². The second-order valence-corrected chi connectivity index (χ2v) is 5.21. The molecule has 0 aromatic carbocycles. The summed E-state index contributed by atoms with van der Waals surface area (Å²) in [4.78, 5) is 37.3. The van der Waals surface area contributed by atoms with Gasteiger partial charge in [-0.3, -0.25) is 9.59 Å². The van der Waals surface area contributed by atoms with Crippen LogP contribution < -0.4 is 9.95 Å². The fourth-order valence-corrected chi connectivity index (χ4v) is 2.94. The Hall–Kier alpha value is -1.92. The van der Waals surface area contributed by atoms with E-state index in [-0.39, 0.29) is 24.0 Å². The zero-order valence-corrected chi connectivity index (χ0v) is 12.3. The van der Waals surface area contributed by atoms with Crippen molar-refractivity contribution in [3.63, 3.8) is 0 Å². The van der Waals surface area contributed by atoms with Gasteiger partial charge in [0.1, 0.15) is 5.56 Å². The summed E-state index contributed by atoms with van der Waals surface area (Å²) in [7, 11) is 1.88. The number of rotatable bonds is 2. The first-order valence-electron chi connectivity index (χ1n) is 6.27. The molecule has 2 aliphatic heterocycles. The van der Waals surface area contributed by atoms with E-state index in [1.54, 1.807) is 4.90 Å². The lowest BCUT2D eigenvalue weighted by Crippen LogP contribution is -2.49. The summed E-state index contributed by atoms with van der Waals surface area (Å²) in [5.41, 5.74) is -1.21. The molecule has 9 heteroatoms. The Balaban J connectivity index is 2.23. The SMILES string of the molecule is C[C@H]1CO[C@@H]2Cn3cc(C(=O)O)c(=O)c(OP)c3C(=O)N12. The molecule has 1 aromatic rings. The van der Waals surface area contributed by atoms with Crippen LogP contribution in [-0.2, 0) is 11.3 Å². The predicted octanol–water partition coefficient (Wildman–Crippen LogP) is -0.0840. The maximum Gasteiger partial charge on any atom is 0.341 e. The van der Waals surface area contributed by atoms with Crippen LogP contribution in [0, 0.1) is 0 Å². The number of hydrogen-bond acceptors (Lipinski definition) is 5. The highest BCUT2D eigenvalue weighted by Crippen LogP contribution is 2.30. The lowest BCUT2D eigenvalue weighted by Gasteiger charge is -2.33. The first kappa shape index (κ1) is 14.0. The van der Waals surface area contributed by atoms with Gasteiger partial charge in [0.25, 0.3) is 5.91 Å². The van der Waals surface area contributed by atoms with Crippen LogP contribution in [0.3, 0.4) is 0 Å². The molecular weight excluding hydrogens is 299 g/mol. The predicted molar refractivity (Wildman–Crippen MR) is 73.4 cm³/mol. The quantitative estimate of drug-likeness (QED) is 0.767. The van der Waals surface area contributed by atoms with Crippen LogP contribution in [0.4, 0.5) is 0 Å². The Kier molecular flexibility index (Phi) is 3.22. The summed E-state index contributed by atoms with van der Waals surface area (Å²) in [6.45, 7) is 2.50. The van der Waals surface area contributed by atoms with Gasteiger partial charge in [-0.2, -0.15) is 0 Å². The summed E-state index contributed by atoms with van der Waals surface area (Å²) in [5.74, 6) is -2.04. The van der Waals surface area contributed by atoms with Crippen LogP contribution in [-0.4, -0.2) is 45.3 Å². The number of carboxylic acids is 1. The molecule has 2 aliphatic rings. The van der Waals surface area contributed by atoms with Gasteiger partial charge in [-0.1, -0.05) is 0 Å². The normalized spacial score (nSPS) is 23.7. The molecule has 0 saturated carbocycles. The van der Waals surface area contributed by atoms with Gasteiger partial charge in [-0.15, -0.1) is 0 Å².